The first kappa shape index (κ1) is 12.3. The summed E-state index contributed by atoms with van der Waals surface area (Å²) < 4.78 is 0. The highest BCUT2D eigenvalue weighted by Crippen LogP contribution is 2.19. The van der Waals surface area contributed by atoms with E-state index in [0.29, 0.717) is 12.6 Å². The molecule has 0 spiro atoms. The number of anilines is 1. The summed E-state index contributed by atoms with van der Waals surface area (Å²) in [7, 11) is 0. The van der Waals surface area contributed by atoms with Gasteiger partial charge in [-0.15, -0.1) is 0 Å². The number of rotatable bonds is 5. The molecule has 0 amide bonds. The molecule has 4 nitrogen and oxygen atoms in total. The Labute approximate surface area is 103 Å². The summed E-state index contributed by atoms with van der Waals surface area (Å²) in [5, 5.41) is 12.7. The fourth-order valence-electron chi connectivity index (χ4n) is 2.43. The van der Waals surface area contributed by atoms with Crippen LogP contribution in [-0.4, -0.2) is 42.4 Å². The van der Waals surface area contributed by atoms with Crippen molar-refractivity contribution in [1.29, 1.82) is 0 Å². The average Bonchev–Trinajstić information content (AvgIpc) is 2.82. The van der Waals surface area contributed by atoms with E-state index in [2.05, 4.69) is 22.1 Å². The maximum atomic E-state index is 9.19. The van der Waals surface area contributed by atoms with Crippen molar-refractivity contribution in [1.82, 2.24) is 10.3 Å². The smallest absolute Gasteiger partial charge is 0.0606 e. The fourth-order valence-corrected chi connectivity index (χ4v) is 2.43. The maximum absolute atomic E-state index is 9.19. The Morgan fingerprint density at radius 3 is 3.12 bits per heavy atom. The van der Waals surface area contributed by atoms with Gasteiger partial charge in [0.25, 0.3) is 0 Å². The van der Waals surface area contributed by atoms with Crippen LogP contribution in [0.1, 0.15) is 18.4 Å². The number of hydrogen-bond acceptors (Lipinski definition) is 4. The van der Waals surface area contributed by atoms with Crippen molar-refractivity contribution in [3.63, 3.8) is 0 Å². The Kier molecular flexibility index (Phi) is 4.34. The molecular weight excluding hydrogens is 214 g/mol. The average molecular weight is 235 g/mol. The second-order valence-corrected chi connectivity index (χ2v) is 4.63. The fraction of sp³-hybridized carbons (Fsp3) is 0.615. The SMILES string of the molecule is Cc1cnccc1N(CCO)CC1CCCN1. The van der Waals surface area contributed by atoms with E-state index in [-0.39, 0.29) is 6.61 Å². The Morgan fingerprint density at radius 1 is 1.59 bits per heavy atom. The van der Waals surface area contributed by atoms with Gasteiger partial charge < -0.3 is 15.3 Å². The number of nitrogens with zero attached hydrogens (tertiary/aromatic N) is 2. The van der Waals surface area contributed by atoms with Crippen LogP contribution in [0.25, 0.3) is 0 Å². The van der Waals surface area contributed by atoms with E-state index in [1.54, 1.807) is 0 Å². The van der Waals surface area contributed by atoms with Gasteiger partial charge in [0, 0.05) is 37.2 Å². The zero-order chi connectivity index (χ0) is 12.1. The van der Waals surface area contributed by atoms with Crippen molar-refractivity contribution in [2.24, 2.45) is 0 Å². The third-order valence-corrected chi connectivity index (χ3v) is 3.30. The lowest BCUT2D eigenvalue weighted by atomic mass is 10.1. The summed E-state index contributed by atoms with van der Waals surface area (Å²) in [6.07, 6.45) is 6.18. The Morgan fingerprint density at radius 2 is 2.47 bits per heavy atom. The minimum atomic E-state index is 0.189. The highest BCUT2D eigenvalue weighted by Gasteiger charge is 2.18. The van der Waals surface area contributed by atoms with Gasteiger partial charge in [0.05, 0.1) is 6.61 Å². The van der Waals surface area contributed by atoms with Gasteiger partial charge in [-0.2, -0.15) is 0 Å². The van der Waals surface area contributed by atoms with Gasteiger partial charge in [0.2, 0.25) is 0 Å². The van der Waals surface area contributed by atoms with Gasteiger partial charge in [0.15, 0.2) is 0 Å². The molecule has 1 aliphatic heterocycles. The lowest BCUT2D eigenvalue weighted by Crippen LogP contribution is -2.39. The molecule has 1 aliphatic rings. The number of aliphatic hydroxyl groups is 1. The van der Waals surface area contributed by atoms with Crippen LogP contribution >= 0.6 is 0 Å². The molecule has 1 fully saturated rings. The van der Waals surface area contributed by atoms with Gasteiger partial charge in [-0.05, 0) is 37.9 Å². The summed E-state index contributed by atoms with van der Waals surface area (Å²) in [5.74, 6) is 0. The first-order valence-corrected chi connectivity index (χ1v) is 6.31. The van der Waals surface area contributed by atoms with Crippen molar-refractivity contribution in [3.8, 4) is 0 Å². The zero-order valence-electron chi connectivity index (χ0n) is 10.4. The molecule has 1 unspecified atom stereocenters. The van der Waals surface area contributed by atoms with E-state index in [1.807, 2.05) is 18.5 Å². The van der Waals surface area contributed by atoms with Gasteiger partial charge in [0.1, 0.15) is 0 Å². The number of pyridine rings is 1. The molecule has 0 aliphatic carbocycles. The van der Waals surface area contributed by atoms with Gasteiger partial charge >= 0.3 is 0 Å². The molecule has 1 aromatic rings. The van der Waals surface area contributed by atoms with Crippen LogP contribution in [0.5, 0.6) is 0 Å². The molecule has 0 saturated carbocycles. The monoisotopic (exact) mass is 235 g/mol. The van der Waals surface area contributed by atoms with Crippen molar-refractivity contribution in [2.45, 2.75) is 25.8 Å². The topological polar surface area (TPSA) is 48.4 Å². The molecule has 0 radical (unpaired) electrons. The standard InChI is InChI=1S/C13H21N3O/c1-11-9-14-6-4-13(11)16(7-8-17)10-12-3-2-5-15-12/h4,6,9,12,15,17H,2-3,5,7-8,10H2,1H3. The summed E-state index contributed by atoms with van der Waals surface area (Å²) in [6, 6.07) is 2.58. The summed E-state index contributed by atoms with van der Waals surface area (Å²) in [5.41, 5.74) is 2.35. The Balaban J connectivity index is 2.08. The molecule has 2 N–H and O–H groups in total. The predicted octanol–water partition coefficient (Wildman–Crippen LogP) is 0.941. The first-order valence-electron chi connectivity index (χ1n) is 6.31. The zero-order valence-corrected chi connectivity index (χ0v) is 10.4. The number of aromatic nitrogens is 1. The molecule has 17 heavy (non-hydrogen) atoms. The molecule has 94 valence electrons. The quantitative estimate of drug-likeness (QED) is 0.797. The van der Waals surface area contributed by atoms with E-state index in [4.69, 9.17) is 0 Å². The van der Waals surface area contributed by atoms with Crippen LogP contribution in [0.2, 0.25) is 0 Å². The highest BCUT2D eigenvalue weighted by atomic mass is 16.3. The number of aliphatic hydroxyl groups excluding tert-OH is 1. The van der Waals surface area contributed by atoms with Gasteiger partial charge in [-0.3, -0.25) is 4.98 Å². The third-order valence-electron chi connectivity index (χ3n) is 3.30. The minimum absolute atomic E-state index is 0.189. The van der Waals surface area contributed by atoms with E-state index in [1.165, 1.54) is 24.1 Å². The molecule has 2 heterocycles. The van der Waals surface area contributed by atoms with E-state index < -0.39 is 0 Å². The lowest BCUT2D eigenvalue weighted by molar-refractivity contribution is 0.300. The van der Waals surface area contributed by atoms with E-state index >= 15 is 0 Å². The van der Waals surface area contributed by atoms with Crippen LogP contribution < -0.4 is 10.2 Å². The second-order valence-electron chi connectivity index (χ2n) is 4.63. The highest BCUT2D eigenvalue weighted by molar-refractivity contribution is 5.51. The third kappa shape index (κ3) is 3.17. The van der Waals surface area contributed by atoms with Crippen LogP contribution in [-0.2, 0) is 0 Å². The van der Waals surface area contributed by atoms with E-state index in [0.717, 1.165) is 13.1 Å². The minimum Gasteiger partial charge on any atom is -0.395 e. The van der Waals surface area contributed by atoms with Crippen molar-refractivity contribution in [3.05, 3.63) is 24.0 Å². The molecule has 1 saturated heterocycles. The summed E-state index contributed by atoms with van der Waals surface area (Å²) in [4.78, 5) is 6.36. The van der Waals surface area contributed by atoms with E-state index in [9.17, 15) is 5.11 Å². The molecule has 2 rings (SSSR count). The Hall–Kier alpha value is -1.13. The summed E-state index contributed by atoms with van der Waals surface area (Å²) in [6.45, 7) is 5.02. The molecule has 0 aromatic carbocycles. The van der Waals surface area contributed by atoms with Crippen LogP contribution in [0.4, 0.5) is 5.69 Å². The van der Waals surface area contributed by atoms with Crippen LogP contribution in [0.15, 0.2) is 18.5 Å². The molecule has 4 heteroatoms. The first-order chi connectivity index (χ1) is 8.31. The number of aryl methyl sites for hydroxylation is 1. The second kappa shape index (κ2) is 5.98. The maximum Gasteiger partial charge on any atom is 0.0606 e. The summed E-state index contributed by atoms with van der Waals surface area (Å²) >= 11 is 0. The van der Waals surface area contributed by atoms with Crippen LogP contribution in [0, 0.1) is 6.92 Å². The van der Waals surface area contributed by atoms with Gasteiger partial charge in [-0.1, -0.05) is 0 Å². The molecule has 1 atom stereocenters. The normalized spacial score (nSPS) is 19.5. The number of nitrogens with one attached hydrogen (secondary N) is 1. The lowest BCUT2D eigenvalue weighted by Gasteiger charge is -2.28. The molecule has 1 aromatic heterocycles. The van der Waals surface area contributed by atoms with Gasteiger partial charge in [-0.25, -0.2) is 0 Å². The molecular formula is C13H21N3O. The number of hydrogen-bond donors (Lipinski definition) is 2. The van der Waals surface area contributed by atoms with Crippen molar-refractivity contribution in [2.75, 3.05) is 31.1 Å². The largest absolute Gasteiger partial charge is 0.395 e. The van der Waals surface area contributed by atoms with Crippen molar-refractivity contribution >= 4 is 5.69 Å². The molecule has 0 bridgehead atoms. The Bertz CT molecular complexity index is 350. The van der Waals surface area contributed by atoms with Crippen LogP contribution in [0.3, 0.4) is 0 Å². The predicted molar refractivity (Wildman–Crippen MR) is 69.3 cm³/mol. The van der Waals surface area contributed by atoms with Crippen molar-refractivity contribution < 1.29 is 5.11 Å².